The molecule has 1 aliphatic rings. The summed E-state index contributed by atoms with van der Waals surface area (Å²) < 4.78 is 16.2. The third-order valence-electron chi connectivity index (χ3n) is 5.85. The summed E-state index contributed by atoms with van der Waals surface area (Å²) in [6.07, 6.45) is 0.413. The van der Waals surface area contributed by atoms with Crippen molar-refractivity contribution in [2.75, 3.05) is 20.3 Å². The Balaban J connectivity index is 1.74. The zero-order valence-corrected chi connectivity index (χ0v) is 17.7. The van der Waals surface area contributed by atoms with Crippen LogP contribution in [0.1, 0.15) is 27.1 Å². The molecule has 5 nitrogen and oxygen atoms in total. The van der Waals surface area contributed by atoms with Gasteiger partial charge >= 0.3 is 11.9 Å². The highest BCUT2D eigenvalue weighted by atomic mass is 16.6. The van der Waals surface area contributed by atoms with Gasteiger partial charge < -0.3 is 14.2 Å². The molecule has 32 heavy (non-hydrogen) atoms. The SMILES string of the molecule is COC(=O)c1cc2ccccc2cc1-c1cc2ccccc2cc1C(=O)O[C@H]1CCOC1. The number of carbonyl (C=O) groups excluding carboxylic acids is 2. The average Bonchev–Trinajstić information content (AvgIpc) is 3.35. The van der Waals surface area contributed by atoms with E-state index >= 15 is 0 Å². The number of methoxy groups -OCH3 is 1. The van der Waals surface area contributed by atoms with E-state index in [1.165, 1.54) is 7.11 Å². The molecule has 160 valence electrons. The molecule has 0 aliphatic carbocycles. The first-order valence-corrected chi connectivity index (χ1v) is 10.6. The summed E-state index contributed by atoms with van der Waals surface area (Å²) in [5.74, 6) is -0.882. The van der Waals surface area contributed by atoms with Gasteiger partial charge in [0.15, 0.2) is 0 Å². The summed E-state index contributed by atoms with van der Waals surface area (Å²) in [5.41, 5.74) is 2.09. The van der Waals surface area contributed by atoms with Gasteiger partial charge in [0.05, 0.1) is 31.5 Å². The van der Waals surface area contributed by atoms with Crippen molar-refractivity contribution in [2.24, 2.45) is 0 Å². The Morgan fingerprint density at radius 2 is 1.28 bits per heavy atom. The molecule has 1 fully saturated rings. The van der Waals surface area contributed by atoms with Gasteiger partial charge in [-0.05, 0) is 56.9 Å². The topological polar surface area (TPSA) is 61.8 Å². The Kier molecular flexibility index (Phi) is 5.33. The molecule has 4 aromatic carbocycles. The molecule has 0 bridgehead atoms. The smallest absolute Gasteiger partial charge is 0.339 e. The number of carbonyl (C=O) groups is 2. The van der Waals surface area contributed by atoms with Gasteiger partial charge in [0.2, 0.25) is 0 Å². The fraction of sp³-hybridized carbons (Fsp3) is 0.185. The lowest BCUT2D eigenvalue weighted by Crippen LogP contribution is -2.19. The van der Waals surface area contributed by atoms with Crippen LogP contribution in [0.25, 0.3) is 32.7 Å². The lowest BCUT2D eigenvalue weighted by Gasteiger charge is -2.17. The van der Waals surface area contributed by atoms with Gasteiger partial charge in [-0.2, -0.15) is 0 Å². The first kappa shape index (κ1) is 20.2. The van der Waals surface area contributed by atoms with E-state index in [9.17, 15) is 9.59 Å². The van der Waals surface area contributed by atoms with Gasteiger partial charge in [-0.25, -0.2) is 9.59 Å². The molecule has 5 heteroatoms. The number of ether oxygens (including phenoxy) is 3. The molecular weight excluding hydrogens is 404 g/mol. The van der Waals surface area contributed by atoms with Crippen molar-refractivity contribution >= 4 is 33.5 Å². The quantitative estimate of drug-likeness (QED) is 0.409. The maximum Gasteiger partial charge on any atom is 0.339 e. The van der Waals surface area contributed by atoms with E-state index in [1.54, 1.807) is 0 Å². The highest BCUT2D eigenvalue weighted by Crippen LogP contribution is 2.35. The Morgan fingerprint density at radius 1 is 0.781 bits per heavy atom. The molecule has 1 atom stereocenters. The number of benzene rings is 4. The molecule has 0 unspecified atom stereocenters. The molecule has 0 amide bonds. The van der Waals surface area contributed by atoms with E-state index in [4.69, 9.17) is 14.2 Å². The van der Waals surface area contributed by atoms with Crippen molar-refractivity contribution in [3.8, 4) is 11.1 Å². The van der Waals surface area contributed by atoms with Gasteiger partial charge in [-0.3, -0.25) is 0 Å². The number of fused-ring (bicyclic) bond motifs is 2. The van der Waals surface area contributed by atoms with Crippen LogP contribution in [0.5, 0.6) is 0 Å². The van der Waals surface area contributed by atoms with Crippen LogP contribution in [0.15, 0.2) is 72.8 Å². The Morgan fingerprint density at radius 3 is 1.75 bits per heavy atom. The number of hydrogen-bond acceptors (Lipinski definition) is 5. The van der Waals surface area contributed by atoms with Gasteiger partial charge in [-0.1, -0.05) is 48.5 Å². The van der Waals surface area contributed by atoms with Crippen molar-refractivity contribution in [3.63, 3.8) is 0 Å². The number of esters is 2. The predicted molar refractivity (Wildman–Crippen MR) is 123 cm³/mol. The van der Waals surface area contributed by atoms with Crippen LogP contribution in [0.4, 0.5) is 0 Å². The molecule has 1 heterocycles. The fourth-order valence-electron chi connectivity index (χ4n) is 4.19. The van der Waals surface area contributed by atoms with Crippen LogP contribution in [-0.4, -0.2) is 38.4 Å². The third-order valence-corrected chi connectivity index (χ3v) is 5.85. The van der Waals surface area contributed by atoms with Crippen LogP contribution in [0.2, 0.25) is 0 Å². The summed E-state index contributed by atoms with van der Waals surface area (Å²) >= 11 is 0. The second-order valence-corrected chi connectivity index (χ2v) is 7.87. The van der Waals surface area contributed by atoms with Crippen LogP contribution >= 0.6 is 0 Å². The van der Waals surface area contributed by atoms with Crippen LogP contribution in [-0.2, 0) is 14.2 Å². The number of hydrogen-bond donors (Lipinski definition) is 0. The fourth-order valence-corrected chi connectivity index (χ4v) is 4.19. The minimum atomic E-state index is -0.456. The van der Waals surface area contributed by atoms with E-state index in [2.05, 4.69) is 0 Å². The van der Waals surface area contributed by atoms with Gasteiger partial charge in [0.25, 0.3) is 0 Å². The standard InChI is InChI=1S/C27H22O5/c1-30-26(28)24-14-19-8-4-2-6-17(19)12-22(24)23-13-18-7-3-5-9-20(18)15-25(23)27(29)32-21-10-11-31-16-21/h2-9,12-15,21H,10-11,16H2,1H3/t21-/m0/s1. The van der Waals surface area contributed by atoms with Crippen LogP contribution in [0, 0.1) is 0 Å². The predicted octanol–water partition coefficient (Wildman–Crippen LogP) is 5.39. The van der Waals surface area contributed by atoms with Gasteiger partial charge in [0.1, 0.15) is 6.10 Å². The number of rotatable bonds is 4. The van der Waals surface area contributed by atoms with Crippen LogP contribution in [0.3, 0.4) is 0 Å². The van der Waals surface area contributed by atoms with Crippen molar-refractivity contribution in [2.45, 2.75) is 12.5 Å². The summed E-state index contributed by atoms with van der Waals surface area (Å²) in [5, 5.41) is 3.77. The average molecular weight is 426 g/mol. The van der Waals surface area contributed by atoms with E-state index < -0.39 is 11.9 Å². The Bertz CT molecular complexity index is 1330. The van der Waals surface area contributed by atoms with Crippen molar-refractivity contribution in [1.29, 1.82) is 0 Å². The highest BCUT2D eigenvalue weighted by Gasteiger charge is 2.25. The minimum Gasteiger partial charge on any atom is -0.465 e. The largest absolute Gasteiger partial charge is 0.465 e. The lowest BCUT2D eigenvalue weighted by molar-refractivity contribution is 0.0271. The van der Waals surface area contributed by atoms with Crippen LogP contribution < -0.4 is 0 Å². The molecule has 0 saturated carbocycles. The van der Waals surface area contributed by atoms with E-state index in [1.807, 2.05) is 72.8 Å². The van der Waals surface area contributed by atoms with E-state index in [0.717, 1.165) is 21.5 Å². The first-order chi connectivity index (χ1) is 15.6. The molecular formula is C27H22O5. The molecule has 1 saturated heterocycles. The third kappa shape index (κ3) is 3.72. The van der Waals surface area contributed by atoms with Crippen molar-refractivity contribution in [3.05, 3.63) is 83.9 Å². The molecule has 0 radical (unpaired) electrons. The van der Waals surface area contributed by atoms with Crippen molar-refractivity contribution < 1.29 is 23.8 Å². The molecule has 5 rings (SSSR count). The highest BCUT2D eigenvalue weighted by molar-refractivity contribution is 6.09. The second kappa shape index (κ2) is 8.44. The molecule has 0 aromatic heterocycles. The van der Waals surface area contributed by atoms with Gasteiger partial charge in [-0.15, -0.1) is 0 Å². The maximum absolute atomic E-state index is 13.3. The molecule has 0 N–H and O–H groups in total. The summed E-state index contributed by atoms with van der Waals surface area (Å²) in [6, 6.07) is 23.1. The second-order valence-electron chi connectivity index (χ2n) is 7.87. The summed E-state index contributed by atoms with van der Waals surface area (Å²) in [4.78, 5) is 26.0. The normalized spacial score (nSPS) is 15.7. The maximum atomic E-state index is 13.3. The molecule has 4 aromatic rings. The zero-order chi connectivity index (χ0) is 22.1. The first-order valence-electron chi connectivity index (χ1n) is 10.6. The summed E-state index contributed by atoms with van der Waals surface area (Å²) in [6.45, 7) is 0.984. The lowest BCUT2D eigenvalue weighted by atomic mass is 9.90. The molecule has 0 spiro atoms. The minimum absolute atomic E-state index is 0.265. The Labute approximate surface area is 185 Å². The summed E-state index contributed by atoms with van der Waals surface area (Å²) in [7, 11) is 1.36. The van der Waals surface area contributed by atoms with Gasteiger partial charge in [0, 0.05) is 6.42 Å². The van der Waals surface area contributed by atoms with Crippen molar-refractivity contribution in [1.82, 2.24) is 0 Å². The Hall–Kier alpha value is -3.70. The monoisotopic (exact) mass is 426 g/mol. The molecule has 1 aliphatic heterocycles. The van der Waals surface area contributed by atoms with E-state index in [-0.39, 0.29) is 6.10 Å². The zero-order valence-electron chi connectivity index (χ0n) is 17.7. The van der Waals surface area contributed by atoms with E-state index in [0.29, 0.717) is 41.9 Å².